The summed E-state index contributed by atoms with van der Waals surface area (Å²) in [7, 11) is -4.03. The van der Waals surface area contributed by atoms with Gasteiger partial charge in [-0.1, -0.05) is 36.4 Å². The van der Waals surface area contributed by atoms with E-state index < -0.39 is 27.8 Å². The molecule has 0 aliphatic carbocycles. The minimum absolute atomic E-state index is 0.0543. The molecule has 1 atom stereocenters. The molecule has 9 heteroatoms. The molecule has 34 heavy (non-hydrogen) atoms. The molecule has 174 valence electrons. The summed E-state index contributed by atoms with van der Waals surface area (Å²) in [6, 6.07) is 18.2. The fourth-order valence-electron chi connectivity index (χ4n) is 3.59. The van der Waals surface area contributed by atoms with Gasteiger partial charge in [-0.2, -0.15) is 0 Å². The number of para-hydroxylation sites is 2. The van der Waals surface area contributed by atoms with Gasteiger partial charge in [0.1, 0.15) is 5.82 Å². The van der Waals surface area contributed by atoms with Gasteiger partial charge in [0.25, 0.3) is 5.91 Å². The van der Waals surface area contributed by atoms with Gasteiger partial charge >= 0.3 is 0 Å². The average Bonchev–Trinajstić information content (AvgIpc) is 3.25. The number of fused-ring (bicyclic) bond motifs is 1. The zero-order chi connectivity index (χ0) is 24.1. The first-order chi connectivity index (χ1) is 16.4. The summed E-state index contributed by atoms with van der Waals surface area (Å²) < 4.78 is 44.7. The van der Waals surface area contributed by atoms with Gasteiger partial charge < -0.3 is 9.88 Å². The SMILES string of the molecule is C=CCNC(=O)c1cccc(S(=O)(=O)NC(Cn2cnc3ccccc32)c2ccc(F)cc2)c1. The molecule has 0 radical (unpaired) electrons. The number of carbonyl (C=O) groups is 1. The number of aromatic nitrogens is 2. The summed E-state index contributed by atoms with van der Waals surface area (Å²) in [6.07, 6.45) is 3.17. The van der Waals surface area contributed by atoms with Gasteiger partial charge in [0.05, 0.1) is 28.3 Å². The fraction of sp³-hybridized carbons (Fsp3) is 0.120. The number of benzene rings is 3. The first-order valence-electron chi connectivity index (χ1n) is 10.5. The van der Waals surface area contributed by atoms with Crippen LogP contribution in [0.15, 0.2) is 96.7 Å². The molecule has 0 bridgehead atoms. The molecule has 1 amide bonds. The van der Waals surface area contributed by atoms with E-state index in [1.165, 1.54) is 42.5 Å². The Morgan fingerprint density at radius 2 is 1.85 bits per heavy atom. The van der Waals surface area contributed by atoms with Crippen molar-refractivity contribution < 1.29 is 17.6 Å². The average molecular weight is 479 g/mol. The highest BCUT2D eigenvalue weighted by atomic mass is 32.2. The van der Waals surface area contributed by atoms with Crippen molar-refractivity contribution in [1.29, 1.82) is 0 Å². The molecule has 3 aromatic carbocycles. The van der Waals surface area contributed by atoms with Crippen molar-refractivity contribution in [3.8, 4) is 0 Å². The molecule has 0 fully saturated rings. The Morgan fingerprint density at radius 3 is 2.62 bits per heavy atom. The van der Waals surface area contributed by atoms with Crippen LogP contribution in [0.1, 0.15) is 22.0 Å². The summed E-state index contributed by atoms with van der Waals surface area (Å²) in [5.41, 5.74) is 2.42. The van der Waals surface area contributed by atoms with Crippen molar-refractivity contribution in [1.82, 2.24) is 19.6 Å². The molecule has 4 aromatic rings. The standard InChI is InChI=1S/C25H23FN4O3S/c1-2-14-27-25(31)19-6-5-7-21(15-19)34(32,33)29-23(18-10-12-20(26)13-11-18)16-30-17-28-22-8-3-4-9-24(22)30/h2-13,15,17,23,29H,1,14,16H2,(H,27,31). The number of hydrogen-bond donors (Lipinski definition) is 2. The molecule has 4 rings (SSSR count). The number of halogens is 1. The lowest BCUT2D eigenvalue weighted by Gasteiger charge is -2.20. The maximum absolute atomic E-state index is 13.5. The van der Waals surface area contributed by atoms with Gasteiger partial charge in [0.15, 0.2) is 0 Å². The van der Waals surface area contributed by atoms with E-state index in [2.05, 4.69) is 21.6 Å². The number of amides is 1. The number of sulfonamides is 1. The largest absolute Gasteiger partial charge is 0.349 e. The predicted octanol–water partition coefficient (Wildman–Crippen LogP) is 3.81. The van der Waals surface area contributed by atoms with Crippen molar-refractivity contribution in [3.63, 3.8) is 0 Å². The molecule has 0 saturated carbocycles. The second-order valence-corrected chi connectivity index (χ2v) is 9.35. The maximum Gasteiger partial charge on any atom is 0.251 e. The Balaban J connectivity index is 1.66. The molecule has 0 spiro atoms. The lowest BCUT2D eigenvalue weighted by atomic mass is 10.1. The summed E-state index contributed by atoms with van der Waals surface area (Å²) in [4.78, 5) is 16.6. The summed E-state index contributed by atoms with van der Waals surface area (Å²) in [6.45, 7) is 4.04. The molecule has 0 aliphatic rings. The molecule has 1 unspecified atom stereocenters. The van der Waals surface area contributed by atoms with Crippen LogP contribution in [0, 0.1) is 5.82 Å². The highest BCUT2D eigenvalue weighted by Gasteiger charge is 2.23. The van der Waals surface area contributed by atoms with Crippen molar-refractivity contribution in [2.45, 2.75) is 17.5 Å². The molecule has 2 N–H and O–H groups in total. The van der Waals surface area contributed by atoms with Gasteiger partial charge in [-0.15, -0.1) is 6.58 Å². The number of rotatable bonds is 9. The van der Waals surface area contributed by atoms with E-state index in [9.17, 15) is 17.6 Å². The highest BCUT2D eigenvalue weighted by Crippen LogP contribution is 2.23. The molecule has 7 nitrogen and oxygen atoms in total. The van der Waals surface area contributed by atoms with Crippen molar-refractivity contribution in [2.24, 2.45) is 0 Å². The van der Waals surface area contributed by atoms with Crippen LogP contribution < -0.4 is 10.0 Å². The molecular formula is C25H23FN4O3S. The van der Waals surface area contributed by atoms with Crippen LogP contribution in [0.25, 0.3) is 11.0 Å². The zero-order valence-corrected chi connectivity index (χ0v) is 19.0. The van der Waals surface area contributed by atoms with Crippen molar-refractivity contribution >= 4 is 27.0 Å². The summed E-state index contributed by atoms with van der Waals surface area (Å²) in [5, 5.41) is 2.63. The smallest absolute Gasteiger partial charge is 0.251 e. The van der Waals surface area contributed by atoms with Gasteiger partial charge in [0, 0.05) is 18.7 Å². The molecule has 0 aliphatic heterocycles. The van der Waals surface area contributed by atoms with E-state index in [4.69, 9.17) is 0 Å². The lowest BCUT2D eigenvalue weighted by Crippen LogP contribution is -2.32. The Hall–Kier alpha value is -3.82. The normalized spacial score (nSPS) is 12.4. The molecule has 1 aromatic heterocycles. The Labute approximate surface area is 197 Å². The van der Waals surface area contributed by atoms with E-state index >= 15 is 0 Å². The van der Waals surface area contributed by atoms with Gasteiger partial charge in [-0.05, 0) is 48.0 Å². The third kappa shape index (κ3) is 5.22. The van der Waals surface area contributed by atoms with E-state index in [0.29, 0.717) is 5.56 Å². The van der Waals surface area contributed by atoms with Crippen LogP contribution in [0.2, 0.25) is 0 Å². The van der Waals surface area contributed by atoms with Crippen LogP contribution in [0.4, 0.5) is 4.39 Å². The van der Waals surface area contributed by atoms with E-state index in [-0.39, 0.29) is 23.5 Å². The monoisotopic (exact) mass is 478 g/mol. The third-order valence-corrected chi connectivity index (χ3v) is 6.76. The topological polar surface area (TPSA) is 93.1 Å². The molecule has 0 saturated heterocycles. The van der Waals surface area contributed by atoms with Crippen LogP contribution >= 0.6 is 0 Å². The van der Waals surface area contributed by atoms with Crippen LogP contribution in [-0.2, 0) is 16.6 Å². The maximum atomic E-state index is 13.5. The summed E-state index contributed by atoms with van der Waals surface area (Å²) in [5.74, 6) is -0.825. The second-order valence-electron chi connectivity index (χ2n) is 7.64. The van der Waals surface area contributed by atoms with Crippen molar-refractivity contribution in [3.05, 3.63) is 109 Å². The number of nitrogens with zero attached hydrogens (tertiary/aromatic N) is 2. The van der Waals surface area contributed by atoms with Crippen LogP contribution in [-0.4, -0.2) is 30.4 Å². The quantitative estimate of drug-likeness (QED) is 0.358. The zero-order valence-electron chi connectivity index (χ0n) is 18.2. The first kappa shape index (κ1) is 23.3. The fourth-order valence-corrected chi connectivity index (χ4v) is 4.85. The van der Waals surface area contributed by atoms with E-state index in [1.54, 1.807) is 18.5 Å². The summed E-state index contributed by atoms with van der Waals surface area (Å²) >= 11 is 0. The van der Waals surface area contributed by atoms with E-state index in [1.807, 2.05) is 28.8 Å². The molecule has 1 heterocycles. The minimum Gasteiger partial charge on any atom is -0.349 e. The Morgan fingerprint density at radius 1 is 1.09 bits per heavy atom. The number of hydrogen-bond acceptors (Lipinski definition) is 4. The Bertz CT molecular complexity index is 1430. The van der Waals surface area contributed by atoms with Crippen LogP contribution in [0.3, 0.4) is 0 Å². The number of carbonyl (C=O) groups excluding carboxylic acids is 1. The van der Waals surface area contributed by atoms with Gasteiger partial charge in [-0.3, -0.25) is 4.79 Å². The number of nitrogens with one attached hydrogen (secondary N) is 2. The van der Waals surface area contributed by atoms with Gasteiger partial charge in [-0.25, -0.2) is 22.5 Å². The number of imidazole rings is 1. The highest BCUT2D eigenvalue weighted by molar-refractivity contribution is 7.89. The lowest BCUT2D eigenvalue weighted by molar-refractivity contribution is 0.0958. The minimum atomic E-state index is -4.03. The predicted molar refractivity (Wildman–Crippen MR) is 128 cm³/mol. The Kier molecular flexibility index (Phi) is 6.85. The molecular weight excluding hydrogens is 455 g/mol. The van der Waals surface area contributed by atoms with Crippen molar-refractivity contribution in [2.75, 3.05) is 6.54 Å². The van der Waals surface area contributed by atoms with Gasteiger partial charge in [0.2, 0.25) is 10.0 Å². The first-order valence-corrected chi connectivity index (χ1v) is 12.0. The van der Waals surface area contributed by atoms with Crippen LogP contribution in [0.5, 0.6) is 0 Å². The van der Waals surface area contributed by atoms with E-state index in [0.717, 1.165) is 11.0 Å². The second kappa shape index (κ2) is 9.98. The third-order valence-electron chi connectivity index (χ3n) is 5.29.